The van der Waals surface area contributed by atoms with Crippen molar-refractivity contribution in [3.05, 3.63) is 93.3 Å². The lowest BCUT2D eigenvalue weighted by Gasteiger charge is -2.05. The molecule has 0 unspecified atom stereocenters. The first-order valence-corrected chi connectivity index (χ1v) is 9.59. The van der Waals surface area contributed by atoms with Crippen LogP contribution >= 0.6 is 22.9 Å². The van der Waals surface area contributed by atoms with Crippen molar-refractivity contribution in [2.75, 3.05) is 0 Å². The molecule has 2 heterocycles. The first-order valence-electron chi connectivity index (χ1n) is 8.33. The van der Waals surface area contributed by atoms with E-state index in [2.05, 4.69) is 27.4 Å². The topological polar surface area (TPSA) is 34.0 Å². The molecule has 130 valence electrons. The monoisotopic (exact) mass is 380 g/mol. The minimum atomic E-state index is -0.0684. The van der Waals surface area contributed by atoms with Crippen molar-refractivity contribution in [2.24, 2.45) is 0 Å². The Morgan fingerprint density at radius 3 is 2.62 bits per heavy atom. The van der Waals surface area contributed by atoms with Crippen LogP contribution in [-0.4, -0.2) is 10.5 Å². The van der Waals surface area contributed by atoms with Crippen LogP contribution in [0.3, 0.4) is 0 Å². The lowest BCUT2D eigenvalue weighted by molar-refractivity contribution is 0.0952. The average Bonchev–Trinajstić information content (AvgIpc) is 3.30. The van der Waals surface area contributed by atoms with Gasteiger partial charge in [0.2, 0.25) is 0 Å². The zero-order valence-corrected chi connectivity index (χ0v) is 15.6. The number of hydrogen-bond acceptors (Lipinski definition) is 2. The van der Waals surface area contributed by atoms with Gasteiger partial charge in [-0.05, 0) is 35.2 Å². The van der Waals surface area contributed by atoms with Crippen molar-refractivity contribution < 1.29 is 4.79 Å². The molecule has 0 atom stereocenters. The van der Waals surface area contributed by atoms with E-state index in [0.717, 1.165) is 23.0 Å². The Bertz CT molecular complexity index is 1040. The number of para-hydroxylation sites is 1. The summed E-state index contributed by atoms with van der Waals surface area (Å²) in [7, 11) is 0. The summed E-state index contributed by atoms with van der Waals surface area (Å²) in [6.45, 7) is 1.24. The van der Waals surface area contributed by atoms with Gasteiger partial charge in [0.1, 0.15) is 0 Å². The molecule has 0 bridgehead atoms. The van der Waals surface area contributed by atoms with Crippen LogP contribution in [0.5, 0.6) is 0 Å². The lowest BCUT2D eigenvalue weighted by atomic mass is 10.1. The fraction of sp³-hybridized carbons (Fsp3) is 0.0952. The predicted molar refractivity (Wildman–Crippen MR) is 108 cm³/mol. The molecule has 4 rings (SSSR count). The number of nitrogens with one attached hydrogen (secondary N) is 1. The smallest absolute Gasteiger partial charge is 0.253 e. The van der Waals surface area contributed by atoms with E-state index in [-0.39, 0.29) is 5.91 Å². The molecule has 1 amide bonds. The highest BCUT2D eigenvalue weighted by atomic mass is 35.5. The van der Waals surface area contributed by atoms with E-state index >= 15 is 0 Å². The van der Waals surface area contributed by atoms with E-state index in [4.69, 9.17) is 11.6 Å². The van der Waals surface area contributed by atoms with Crippen LogP contribution in [0.4, 0.5) is 0 Å². The molecular formula is C21H17ClN2OS. The third-order valence-electron chi connectivity index (χ3n) is 4.31. The Hall–Kier alpha value is -2.56. The van der Waals surface area contributed by atoms with Gasteiger partial charge in [0.05, 0.1) is 12.1 Å². The Labute approximate surface area is 160 Å². The first-order chi connectivity index (χ1) is 12.7. The number of fused-ring (bicyclic) bond motifs is 1. The molecule has 5 heteroatoms. The van der Waals surface area contributed by atoms with Gasteiger partial charge in [-0.1, -0.05) is 48.0 Å². The van der Waals surface area contributed by atoms with Crippen LogP contribution in [0.25, 0.3) is 10.9 Å². The molecule has 2 aromatic heterocycles. The second kappa shape index (κ2) is 7.36. The Balaban J connectivity index is 1.59. The number of amides is 1. The molecule has 0 aliphatic carbocycles. The van der Waals surface area contributed by atoms with Crippen LogP contribution in [0.15, 0.2) is 72.2 Å². The van der Waals surface area contributed by atoms with Gasteiger partial charge in [-0.3, -0.25) is 4.79 Å². The van der Waals surface area contributed by atoms with Crippen molar-refractivity contribution >= 4 is 39.7 Å². The molecule has 0 saturated heterocycles. The predicted octanol–water partition coefficient (Wildman–Crippen LogP) is 5.33. The van der Waals surface area contributed by atoms with E-state index in [1.165, 1.54) is 4.88 Å². The number of benzene rings is 2. The minimum absolute atomic E-state index is 0.0684. The lowest BCUT2D eigenvalue weighted by Crippen LogP contribution is -2.22. The van der Waals surface area contributed by atoms with Crippen LogP contribution in [-0.2, 0) is 13.1 Å². The zero-order chi connectivity index (χ0) is 17.9. The largest absolute Gasteiger partial charge is 0.348 e. The second-order valence-corrected chi connectivity index (χ2v) is 7.55. The molecule has 3 nitrogen and oxygen atoms in total. The van der Waals surface area contributed by atoms with Gasteiger partial charge in [-0.2, -0.15) is 0 Å². The SMILES string of the molecule is O=C(NCc1ccc(Cl)cc1)c1cn(Cc2cccs2)c2ccccc12. The van der Waals surface area contributed by atoms with E-state index in [0.29, 0.717) is 17.1 Å². The number of aromatic nitrogens is 1. The average molecular weight is 381 g/mol. The summed E-state index contributed by atoms with van der Waals surface area (Å²) in [6, 6.07) is 19.7. The maximum atomic E-state index is 12.8. The molecule has 0 spiro atoms. The number of halogens is 1. The van der Waals surface area contributed by atoms with Gasteiger partial charge in [-0.25, -0.2) is 0 Å². The highest BCUT2D eigenvalue weighted by molar-refractivity contribution is 7.09. The summed E-state index contributed by atoms with van der Waals surface area (Å²) in [5.74, 6) is -0.0684. The summed E-state index contributed by atoms with van der Waals surface area (Å²) >= 11 is 7.63. The maximum absolute atomic E-state index is 12.8. The second-order valence-electron chi connectivity index (χ2n) is 6.08. The molecule has 0 radical (unpaired) electrons. The molecule has 0 saturated carbocycles. The summed E-state index contributed by atoms with van der Waals surface area (Å²) in [6.07, 6.45) is 1.95. The first kappa shape index (κ1) is 16.9. The van der Waals surface area contributed by atoms with Gasteiger partial charge < -0.3 is 9.88 Å². The van der Waals surface area contributed by atoms with Gasteiger partial charge in [0, 0.05) is 33.5 Å². The van der Waals surface area contributed by atoms with Crippen LogP contribution in [0, 0.1) is 0 Å². The number of hydrogen-bond donors (Lipinski definition) is 1. The van der Waals surface area contributed by atoms with E-state index in [1.807, 2.05) is 54.7 Å². The van der Waals surface area contributed by atoms with Crippen LogP contribution < -0.4 is 5.32 Å². The molecule has 4 aromatic rings. The van der Waals surface area contributed by atoms with Crippen LogP contribution in [0.2, 0.25) is 5.02 Å². The summed E-state index contributed by atoms with van der Waals surface area (Å²) in [5, 5.41) is 6.74. The van der Waals surface area contributed by atoms with E-state index < -0.39 is 0 Å². The van der Waals surface area contributed by atoms with Crippen molar-refractivity contribution in [1.82, 2.24) is 9.88 Å². The van der Waals surface area contributed by atoms with Gasteiger partial charge >= 0.3 is 0 Å². The number of rotatable bonds is 5. The maximum Gasteiger partial charge on any atom is 0.253 e. The third-order valence-corrected chi connectivity index (χ3v) is 5.42. The van der Waals surface area contributed by atoms with E-state index in [1.54, 1.807) is 11.3 Å². The standard InChI is InChI=1S/C21H17ClN2OS/c22-16-9-7-15(8-10-16)12-23-21(25)19-14-24(13-17-4-3-11-26-17)20-6-2-1-5-18(19)20/h1-11,14H,12-13H2,(H,23,25). The summed E-state index contributed by atoms with van der Waals surface area (Å²) in [4.78, 5) is 14.0. The van der Waals surface area contributed by atoms with Crippen molar-refractivity contribution in [2.45, 2.75) is 13.1 Å². The van der Waals surface area contributed by atoms with E-state index in [9.17, 15) is 4.79 Å². The number of thiophene rings is 1. The molecule has 2 aromatic carbocycles. The van der Waals surface area contributed by atoms with Crippen molar-refractivity contribution in [1.29, 1.82) is 0 Å². The number of carbonyl (C=O) groups excluding carboxylic acids is 1. The normalized spacial score (nSPS) is 11.0. The molecule has 0 fully saturated rings. The fourth-order valence-corrected chi connectivity index (χ4v) is 3.84. The quantitative estimate of drug-likeness (QED) is 0.498. The highest BCUT2D eigenvalue weighted by Gasteiger charge is 2.15. The third kappa shape index (κ3) is 3.52. The molecule has 26 heavy (non-hydrogen) atoms. The highest BCUT2D eigenvalue weighted by Crippen LogP contribution is 2.23. The molecule has 0 aliphatic rings. The van der Waals surface area contributed by atoms with Crippen molar-refractivity contribution in [3.63, 3.8) is 0 Å². The number of carbonyl (C=O) groups is 1. The minimum Gasteiger partial charge on any atom is -0.348 e. The summed E-state index contributed by atoms with van der Waals surface area (Å²) in [5.41, 5.74) is 2.79. The Morgan fingerprint density at radius 2 is 1.85 bits per heavy atom. The molecular weight excluding hydrogens is 364 g/mol. The molecule has 1 N–H and O–H groups in total. The van der Waals surface area contributed by atoms with Crippen LogP contribution in [0.1, 0.15) is 20.8 Å². The zero-order valence-electron chi connectivity index (χ0n) is 14.0. The summed E-state index contributed by atoms with van der Waals surface area (Å²) < 4.78 is 2.14. The Kier molecular flexibility index (Phi) is 4.78. The Morgan fingerprint density at radius 1 is 1.04 bits per heavy atom. The number of nitrogens with zero attached hydrogens (tertiary/aromatic N) is 1. The van der Waals surface area contributed by atoms with Crippen molar-refractivity contribution in [3.8, 4) is 0 Å². The molecule has 0 aliphatic heterocycles. The van der Waals surface area contributed by atoms with Gasteiger partial charge in [0.15, 0.2) is 0 Å². The van der Waals surface area contributed by atoms with Gasteiger partial charge in [0.25, 0.3) is 5.91 Å². The van der Waals surface area contributed by atoms with Gasteiger partial charge in [-0.15, -0.1) is 11.3 Å². The fourth-order valence-electron chi connectivity index (χ4n) is 3.01.